The van der Waals surface area contributed by atoms with E-state index in [1.54, 1.807) is 18.4 Å². The molecular weight excluding hydrogens is 414 g/mol. The lowest BCUT2D eigenvalue weighted by molar-refractivity contribution is 0.413. The van der Waals surface area contributed by atoms with Crippen LogP contribution >= 0.6 is 23.1 Å². The highest BCUT2D eigenvalue weighted by molar-refractivity contribution is 7.98. The fourth-order valence-electron chi connectivity index (χ4n) is 2.94. The van der Waals surface area contributed by atoms with Crippen LogP contribution < -0.4 is 4.74 Å². The molecule has 0 aliphatic carbocycles. The van der Waals surface area contributed by atoms with Gasteiger partial charge in [-0.05, 0) is 29.2 Å². The van der Waals surface area contributed by atoms with Crippen molar-refractivity contribution in [3.8, 4) is 16.3 Å². The van der Waals surface area contributed by atoms with Crippen molar-refractivity contribution in [1.82, 2.24) is 15.2 Å². The SMILES string of the molecule is COc1ccc(Cc2nnc(SCc3csc(-c4ccc(C(C)C)cc4)n3)o2)cc1. The van der Waals surface area contributed by atoms with Crippen LogP contribution in [0.1, 0.15) is 42.5 Å². The largest absolute Gasteiger partial charge is 0.497 e. The highest BCUT2D eigenvalue weighted by Gasteiger charge is 2.11. The van der Waals surface area contributed by atoms with Crippen molar-refractivity contribution in [2.45, 2.75) is 37.2 Å². The number of hydrogen-bond acceptors (Lipinski definition) is 7. The number of thioether (sulfide) groups is 1. The molecule has 0 atom stereocenters. The summed E-state index contributed by atoms with van der Waals surface area (Å²) in [6.07, 6.45) is 0.602. The van der Waals surface area contributed by atoms with Gasteiger partial charge in [0.1, 0.15) is 10.8 Å². The van der Waals surface area contributed by atoms with Crippen LogP contribution in [-0.2, 0) is 12.2 Å². The summed E-state index contributed by atoms with van der Waals surface area (Å²) in [7, 11) is 1.66. The Bertz CT molecular complexity index is 1090. The fraction of sp³-hybridized carbons (Fsp3) is 0.261. The Balaban J connectivity index is 1.34. The highest BCUT2D eigenvalue weighted by Crippen LogP contribution is 2.29. The molecule has 0 saturated heterocycles. The molecule has 2 aromatic carbocycles. The summed E-state index contributed by atoms with van der Waals surface area (Å²) < 4.78 is 11.0. The van der Waals surface area contributed by atoms with E-state index in [0.717, 1.165) is 27.6 Å². The van der Waals surface area contributed by atoms with E-state index in [4.69, 9.17) is 14.1 Å². The minimum absolute atomic E-state index is 0.534. The number of aromatic nitrogens is 3. The number of rotatable bonds is 8. The molecule has 2 aromatic heterocycles. The fourth-order valence-corrected chi connectivity index (χ4v) is 4.54. The molecule has 0 spiro atoms. The molecule has 0 saturated carbocycles. The highest BCUT2D eigenvalue weighted by atomic mass is 32.2. The van der Waals surface area contributed by atoms with Crippen LogP contribution in [-0.4, -0.2) is 22.3 Å². The number of hydrogen-bond donors (Lipinski definition) is 0. The molecule has 0 N–H and O–H groups in total. The van der Waals surface area contributed by atoms with Crippen molar-refractivity contribution in [2.24, 2.45) is 0 Å². The first-order valence-corrected chi connectivity index (χ1v) is 11.6. The quantitative estimate of drug-likeness (QED) is 0.306. The van der Waals surface area contributed by atoms with E-state index in [1.807, 2.05) is 24.3 Å². The molecule has 7 heteroatoms. The van der Waals surface area contributed by atoms with E-state index in [2.05, 4.69) is 53.7 Å². The second kappa shape index (κ2) is 9.45. The molecule has 0 aliphatic heterocycles. The molecule has 154 valence electrons. The summed E-state index contributed by atoms with van der Waals surface area (Å²) in [6, 6.07) is 16.5. The van der Waals surface area contributed by atoms with Crippen LogP contribution in [0.4, 0.5) is 0 Å². The van der Waals surface area contributed by atoms with E-state index in [-0.39, 0.29) is 0 Å². The Morgan fingerprint density at radius 2 is 1.80 bits per heavy atom. The topological polar surface area (TPSA) is 61.0 Å². The van der Waals surface area contributed by atoms with Crippen LogP contribution in [0.3, 0.4) is 0 Å². The molecule has 0 fully saturated rings. The molecule has 4 aromatic rings. The molecule has 0 radical (unpaired) electrons. The Kier molecular flexibility index (Phi) is 6.50. The van der Waals surface area contributed by atoms with Gasteiger partial charge in [0, 0.05) is 16.7 Å². The standard InChI is InChI=1S/C23H23N3O2S2/c1-15(2)17-6-8-18(9-7-17)22-24-19(13-29-22)14-30-23-26-25-21(28-23)12-16-4-10-20(27-3)11-5-16/h4-11,13,15H,12,14H2,1-3H3. The van der Waals surface area contributed by atoms with Gasteiger partial charge < -0.3 is 9.15 Å². The number of methoxy groups -OCH3 is 1. The van der Waals surface area contributed by atoms with E-state index >= 15 is 0 Å². The third-order valence-electron chi connectivity index (χ3n) is 4.68. The minimum Gasteiger partial charge on any atom is -0.497 e. The molecule has 0 aliphatic rings. The lowest BCUT2D eigenvalue weighted by atomic mass is 10.0. The smallest absolute Gasteiger partial charge is 0.276 e. The van der Waals surface area contributed by atoms with Crippen LogP contribution in [0.25, 0.3) is 10.6 Å². The Hall–Kier alpha value is -2.64. The van der Waals surface area contributed by atoms with Gasteiger partial charge in [-0.25, -0.2) is 4.98 Å². The van der Waals surface area contributed by atoms with Crippen LogP contribution in [0.5, 0.6) is 5.75 Å². The van der Waals surface area contributed by atoms with Crippen molar-refractivity contribution < 1.29 is 9.15 Å². The molecule has 5 nitrogen and oxygen atoms in total. The van der Waals surface area contributed by atoms with E-state index in [9.17, 15) is 0 Å². The Morgan fingerprint density at radius 1 is 1.03 bits per heavy atom. The van der Waals surface area contributed by atoms with Crippen molar-refractivity contribution in [3.63, 3.8) is 0 Å². The summed E-state index contributed by atoms with van der Waals surface area (Å²) >= 11 is 3.17. The monoisotopic (exact) mass is 437 g/mol. The summed E-state index contributed by atoms with van der Waals surface area (Å²) in [5.41, 5.74) is 4.61. The van der Waals surface area contributed by atoms with Gasteiger partial charge in [-0.15, -0.1) is 21.5 Å². The van der Waals surface area contributed by atoms with Crippen LogP contribution in [0, 0.1) is 0 Å². The van der Waals surface area contributed by atoms with Crippen molar-refractivity contribution in [1.29, 1.82) is 0 Å². The van der Waals surface area contributed by atoms with Crippen molar-refractivity contribution in [3.05, 3.63) is 76.6 Å². The van der Waals surface area contributed by atoms with Crippen molar-refractivity contribution >= 4 is 23.1 Å². The van der Waals surface area contributed by atoms with Crippen LogP contribution in [0.15, 0.2) is 63.6 Å². The molecule has 0 unspecified atom stereocenters. The van der Waals surface area contributed by atoms with E-state index in [1.165, 1.54) is 17.3 Å². The summed E-state index contributed by atoms with van der Waals surface area (Å²) in [5.74, 6) is 2.67. The number of thiazole rings is 1. The Labute approximate surface area is 184 Å². The number of ether oxygens (including phenoxy) is 1. The molecule has 4 rings (SSSR count). The first-order valence-electron chi connectivity index (χ1n) is 9.73. The average molecular weight is 438 g/mol. The molecule has 30 heavy (non-hydrogen) atoms. The van der Waals surface area contributed by atoms with Crippen LogP contribution in [0.2, 0.25) is 0 Å². The first kappa shape index (κ1) is 20.6. The third kappa shape index (κ3) is 5.09. The first-order chi connectivity index (χ1) is 14.6. The second-order valence-electron chi connectivity index (χ2n) is 7.20. The lowest BCUT2D eigenvalue weighted by Gasteiger charge is -2.05. The van der Waals surface area contributed by atoms with E-state index in [0.29, 0.717) is 29.2 Å². The predicted molar refractivity (Wildman–Crippen MR) is 121 cm³/mol. The van der Waals surface area contributed by atoms with Gasteiger partial charge >= 0.3 is 0 Å². The maximum atomic E-state index is 5.78. The molecule has 0 amide bonds. The van der Waals surface area contributed by atoms with Gasteiger partial charge in [-0.1, -0.05) is 62.0 Å². The molecule has 2 heterocycles. The zero-order chi connectivity index (χ0) is 20.9. The van der Waals surface area contributed by atoms with Gasteiger partial charge in [0.25, 0.3) is 5.22 Å². The maximum Gasteiger partial charge on any atom is 0.276 e. The summed E-state index contributed by atoms with van der Waals surface area (Å²) in [6.45, 7) is 4.40. The normalized spacial score (nSPS) is 11.2. The molecular formula is C23H23N3O2S2. The van der Waals surface area contributed by atoms with Gasteiger partial charge in [-0.3, -0.25) is 0 Å². The van der Waals surface area contributed by atoms with E-state index < -0.39 is 0 Å². The van der Waals surface area contributed by atoms with Gasteiger partial charge in [0.15, 0.2) is 0 Å². The molecule has 0 bridgehead atoms. The number of nitrogens with zero attached hydrogens (tertiary/aromatic N) is 3. The van der Waals surface area contributed by atoms with Crippen molar-refractivity contribution in [2.75, 3.05) is 7.11 Å². The predicted octanol–water partition coefficient (Wildman–Crippen LogP) is 6.21. The summed E-state index contributed by atoms with van der Waals surface area (Å²) in [5, 5.41) is 12.0. The second-order valence-corrected chi connectivity index (χ2v) is 8.98. The lowest BCUT2D eigenvalue weighted by Crippen LogP contribution is -1.89. The number of benzene rings is 2. The maximum absolute atomic E-state index is 5.78. The van der Waals surface area contributed by atoms with Gasteiger partial charge in [0.05, 0.1) is 19.2 Å². The zero-order valence-electron chi connectivity index (χ0n) is 17.2. The van der Waals surface area contributed by atoms with Gasteiger partial charge in [0.2, 0.25) is 5.89 Å². The minimum atomic E-state index is 0.534. The average Bonchev–Trinajstić information content (AvgIpc) is 3.42. The van der Waals surface area contributed by atoms with Gasteiger partial charge in [-0.2, -0.15) is 0 Å². The zero-order valence-corrected chi connectivity index (χ0v) is 18.8. The third-order valence-corrected chi connectivity index (χ3v) is 6.47. The Morgan fingerprint density at radius 3 is 2.50 bits per heavy atom. The summed E-state index contributed by atoms with van der Waals surface area (Å²) in [4.78, 5) is 4.76.